The third kappa shape index (κ3) is 4.70. The third-order valence-electron chi connectivity index (χ3n) is 2.45. The van der Waals surface area contributed by atoms with E-state index in [2.05, 4.69) is 0 Å². The quantitative estimate of drug-likeness (QED) is 0.659. The molecular weight excluding hydrogens is 155 g/mol. The van der Waals surface area contributed by atoms with Crippen molar-refractivity contribution < 1.29 is 9.50 Å². The van der Waals surface area contributed by atoms with Crippen LogP contribution in [0.25, 0.3) is 0 Å². The van der Waals surface area contributed by atoms with Crippen molar-refractivity contribution in [3.05, 3.63) is 0 Å². The molecule has 0 aliphatic carbocycles. The van der Waals surface area contributed by atoms with Crippen molar-refractivity contribution in [2.75, 3.05) is 0 Å². The summed E-state index contributed by atoms with van der Waals surface area (Å²) in [7, 11) is 0. The van der Waals surface area contributed by atoms with Crippen molar-refractivity contribution >= 4 is 0 Å². The van der Waals surface area contributed by atoms with E-state index in [1.54, 1.807) is 0 Å². The number of halogens is 1. The minimum atomic E-state index is -0.684. The molecule has 0 aromatic heterocycles. The van der Waals surface area contributed by atoms with Gasteiger partial charge in [-0.1, -0.05) is 20.8 Å². The van der Waals surface area contributed by atoms with Crippen LogP contribution >= 0.6 is 0 Å². The Hall–Kier alpha value is -0.110. The highest BCUT2D eigenvalue weighted by Crippen LogP contribution is 2.16. The van der Waals surface area contributed by atoms with E-state index >= 15 is 0 Å². The summed E-state index contributed by atoms with van der Waals surface area (Å²) in [6, 6.07) is 0. The van der Waals surface area contributed by atoms with E-state index in [1.165, 1.54) is 0 Å². The molecule has 0 aromatic rings. The summed E-state index contributed by atoms with van der Waals surface area (Å²) >= 11 is 0. The Bertz CT molecular complexity index is 106. The highest BCUT2D eigenvalue weighted by atomic mass is 19.1. The Labute approximate surface area is 75.0 Å². The maximum absolute atomic E-state index is 12.8. The average Bonchev–Trinajstić information content (AvgIpc) is 2.11. The summed E-state index contributed by atoms with van der Waals surface area (Å²) in [5.74, 6) is 0.236. The first kappa shape index (κ1) is 11.9. The second-order valence-corrected chi connectivity index (χ2v) is 3.54. The van der Waals surface area contributed by atoms with Crippen LogP contribution in [0.15, 0.2) is 0 Å². The first-order chi connectivity index (χ1) is 5.61. The fourth-order valence-corrected chi connectivity index (χ4v) is 1.24. The molecule has 0 aliphatic rings. The highest BCUT2D eigenvalue weighted by molar-refractivity contribution is 4.65. The summed E-state index contributed by atoms with van der Waals surface area (Å²) in [6.45, 7) is 5.79. The normalized spacial score (nSPS) is 18.8. The standard InChI is InChI=1S/C10H21FO/c1-4-9(11)7-6-8(3)10(12)5-2/h8-10,12H,4-7H2,1-3H3. The van der Waals surface area contributed by atoms with Crippen molar-refractivity contribution in [1.82, 2.24) is 0 Å². The number of hydrogen-bond acceptors (Lipinski definition) is 1. The van der Waals surface area contributed by atoms with Gasteiger partial charge in [0.05, 0.1) is 12.3 Å². The summed E-state index contributed by atoms with van der Waals surface area (Å²) in [5.41, 5.74) is 0. The number of alkyl halides is 1. The summed E-state index contributed by atoms with van der Waals surface area (Å²) in [5, 5.41) is 9.39. The maximum atomic E-state index is 12.8. The van der Waals surface area contributed by atoms with Gasteiger partial charge in [0.2, 0.25) is 0 Å². The molecule has 3 atom stereocenters. The lowest BCUT2D eigenvalue weighted by molar-refractivity contribution is 0.101. The van der Waals surface area contributed by atoms with Gasteiger partial charge < -0.3 is 5.11 Å². The molecule has 0 aromatic carbocycles. The zero-order valence-electron chi connectivity index (χ0n) is 8.39. The molecule has 2 heteroatoms. The fraction of sp³-hybridized carbons (Fsp3) is 1.00. The van der Waals surface area contributed by atoms with Crippen molar-refractivity contribution in [1.29, 1.82) is 0 Å². The van der Waals surface area contributed by atoms with Gasteiger partial charge in [-0.05, 0) is 31.6 Å². The lowest BCUT2D eigenvalue weighted by Crippen LogP contribution is -2.17. The van der Waals surface area contributed by atoms with Gasteiger partial charge in [0.1, 0.15) is 0 Å². The minimum Gasteiger partial charge on any atom is -0.393 e. The number of aliphatic hydroxyl groups excluding tert-OH is 1. The summed E-state index contributed by atoms with van der Waals surface area (Å²) in [4.78, 5) is 0. The van der Waals surface area contributed by atoms with Crippen LogP contribution in [0.2, 0.25) is 0 Å². The smallest absolute Gasteiger partial charge is 0.0999 e. The van der Waals surface area contributed by atoms with Crippen LogP contribution in [0.3, 0.4) is 0 Å². The van der Waals surface area contributed by atoms with E-state index in [1.807, 2.05) is 20.8 Å². The molecule has 0 spiro atoms. The van der Waals surface area contributed by atoms with Crippen LogP contribution in [0.5, 0.6) is 0 Å². The molecule has 0 aliphatic heterocycles. The molecule has 0 saturated carbocycles. The van der Waals surface area contributed by atoms with Crippen LogP contribution < -0.4 is 0 Å². The molecule has 1 nitrogen and oxygen atoms in total. The predicted octanol–water partition coefficient (Wildman–Crippen LogP) is 2.92. The van der Waals surface area contributed by atoms with Gasteiger partial charge in [0.15, 0.2) is 0 Å². The van der Waals surface area contributed by atoms with E-state index in [4.69, 9.17) is 0 Å². The van der Waals surface area contributed by atoms with Gasteiger partial charge >= 0.3 is 0 Å². The highest BCUT2D eigenvalue weighted by Gasteiger charge is 2.13. The van der Waals surface area contributed by atoms with Gasteiger partial charge in [-0.15, -0.1) is 0 Å². The Morgan fingerprint density at radius 3 is 2.17 bits per heavy atom. The van der Waals surface area contributed by atoms with Gasteiger partial charge in [-0.3, -0.25) is 0 Å². The Balaban J connectivity index is 3.49. The first-order valence-electron chi connectivity index (χ1n) is 4.93. The monoisotopic (exact) mass is 176 g/mol. The molecule has 12 heavy (non-hydrogen) atoms. The molecule has 1 N–H and O–H groups in total. The maximum Gasteiger partial charge on any atom is 0.0999 e. The third-order valence-corrected chi connectivity index (χ3v) is 2.45. The molecule has 0 saturated heterocycles. The van der Waals surface area contributed by atoms with Crippen LogP contribution in [-0.2, 0) is 0 Å². The molecule has 0 rings (SSSR count). The second kappa shape index (κ2) is 6.41. The molecule has 0 heterocycles. The Kier molecular flexibility index (Phi) is 6.35. The lowest BCUT2D eigenvalue weighted by Gasteiger charge is -2.17. The van der Waals surface area contributed by atoms with Crippen LogP contribution in [0, 0.1) is 5.92 Å². The molecule has 0 fully saturated rings. The van der Waals surface area contributed by atoms with E-state index < -0.39 is 6.17 Å². The Morgan fingerprint density at radius 2 is 1.75 bits per heavy atom. The van der Waals surface area contributed by atoms with Crippen molar-refractivity contribution in [3.8, 4) is 0 Å². The average molecular weight is 176 g/mol. The van der Waals surface area contributed by atoms with Crippen LogP contribution in [0.4, 0.5) is 4.39 Å². The topological polar surface area (TPSA) is 20.2 Å². The lowest BCUT2D eigenvalue weighted by atomic mass is 9.95. The van der Waals surface area contributed by atoms with E-state index in [9.17, 15) is 9.50 Å². The summed E-state index contributed by atoms with van der Waals surface area (Å²) < 4.78 is 12.8. The molecule has 0 amide bonds. The van der Waals surface area contributed by atoms with Crippen LogP contribution in [0.1, 0.15) is 46.5 Å². The second-order valence-electron chi connectivity index (χ2n) is 3.54. The summed E-state index contributed by atoms with van der Waals surface area (Å²) in [6.07, 6.45) is 1.81. The first-order valence-corrected chi connectivity index (χ1v) is 4.93. The Morgan fingerprint density at radius 1 is 1.17 bits per heavy atom. The molecular formula is C10H21FO. The fourth-order valence-electron chi connectivity index (χ4n) is 1.24. The SMILES string of the molecule is CCC(F)CCC(C)C(O)CC. The molecule has 0 radical (unpaired) electrons. The van der Waals surface area contributed by atoms with Crippen molar-refractivity contribution in [3.63, 3.8) is 0 Å². The molecule has 0 bridgehead atoms. The number of hydrogen-bond donors (Lipinski definition) is 1. The van der Waals surface area contributed by atoms with Gasteiger partial charge in [-0.2, -0.15) is 0 Å². The zero-order valence-corrected chi connectivity index (χ0v) is 8.39. The zero-order chi connectivity index (χ0) is 9.56. The van der Waals surface area contributed by atoms with Crippen LogP contribution in [-0.4, -0.2) is 17.4 Å². The van der Waals surface area contributed by atoms with Crippen molar-refractivity contribution in [2.45, 2.75) is 58.7 Å². The number of aliphatic hydroxyl groups is 1. The molecule has 74 valence electrons. The number of rotatable bonds is 6. The largest absolute Gasteiger partial charge is 0.393 e. The van der Waals surface area contributed by atoms with E-state index in [-0.39, 0.29) is 12.0 Å². The van der Waals surface area contributed by atoms with Gasteiger partial charge in [-0.25, -0.2) is 4.39 Å². The predicted molar refractivity (Wildman–Crippen MR) is 49.9 cm³/mol. The van der Waals surface area contributed by atoms with Crippen molar-refractivity contribution in [2.24, 2.45) is 5.92 Å². The van der Waals surface area contributed by atoms with E-state index in [0.717, 1.165) is 12.8 Å². The van der Waals surface area contributed by atoms with E-state index in [0.29, 0.717) is 12.8 Å². The van der Waals surface area contributed by atoms with Gasteiger partial charge in [0.25, 0.3) is 0 Å². The minimum absolute atomic E-state index is 0.236. The van der Waals surface area contributed by atoms with Gasteiger partial charge in [0, 0.05) is 0 Å². The molecule has 3 unspecified atom stereocenters.